The van der Waals surface area contributed by atoms with Gasteiger partial charge in [0, 0.05) is 38.8 Å². The van der Waals surface area contributed by atoms with Crippen LogP contribution in [0.5, 0.6) is 0 Å². The van der Waals surface area contributed by atoms with Crippen molar-refractivity contribution < 1.29 is 4.79 Å². The number of nitrogens with one attached hydrogen (secondary N) is 1. The molecule has 0 unspecified atom stereocenters. The van der Waals surface area contributed by atoms with E-state index in [1.165, 1.54) is 0 Å². The van der Waals surface area contributed by atoms with Gasteiger partial charge in [-0.25, -0.2) is 0 Å². The summed E-state index contributed by atoms with van der Waals surface area (Å²) in [5.41, 5.74) is 1.06. The number of rotatable bonds is 6. The van der Waals surface area contributed by atoms with Crippen LogP contribution in [0.4, 0.5) is 0 Å². The van der Waals surface area contributed by atoms with Crippen molar-refractivity contribution in [2.24, 2.45) is 7.05 Å². The lowest BCUT2D eigenvalue weighted by atomic mass is 10.2. The first-order chi connectivity index (χ1) is 7.63. The van der Waals surface area contributed by atoms with Crippen molar-refractivity contribution in [1.29, 1.82) is 0 Å². The molecule has 1 N–H and O–H groups in total. The van der Waals surface area contributed by atoms with Crippen LogP contribution in [0.25, 0.3) is 0 Å². The second kappa shape index (κ2) is 6.27. The van der Waals surface area contributed by atoms with Crippen LogP contribution in [-0.2, 0) is 18.4 Å². The third-order valence-corrected chi connectivity index (χ3v) is 2.42. The maximum absolute atomic E-state index is 11.7. The molecule has 0 aliphatic rings. The summed E-state index contributed by atoms with van der Waals surface area (Å²) >= 11 is 0. The van der Waals surface area contributed by atoms with Crippen molar-refractivity contribution in [2.45, 2.75) is 19.4 Å². The van der Waals surface area contributed by atoms with Gasteiger partial charge in [0.15, 0.2) is 0 Å². The van der Waals surface area contributed by atoms with Gasteiger partial charge in [-0.2, -0.15) is 5.10 Å². The Morgan fingerprint density at radius 1 is 1.62 bits per heavy atom. The van der Waals surface area contributed by atoms with Crippen LogP contribution in [0.1, 0.15) is 18.4 Å². The Balaban J connectivity index is 2.34. The molecular weight excluding hydrogens is 204 g/mol. The first-order valence-corrected chi connectivity index (χ1v) is 5.49. The van der Waals surface area contributed by atoms with Crippen LogP contribution < -0.4 is 5.32 Å². The molecule has 0 atom stereocenters. The summed E-state index contributed by atoms with van der Waals surface area (Å²) in [5, 5.41) is 7.10. The van der Waals surface area contributed by atoms with E-state index in [1.54, 1.807) is 15.8 Å². The fourth-order valence-electron chi connectivity index (χ4n) is 1.52. The predicted octanol–water partition coefficient (Wildman–Crippen LogP) is 0.378. The molecule has 0 aliphatic carbocycles. The first-order valence-electron chi connectivity index (χ1n) is 5.49. The number of carbonyl (C=O) groups is 1. The number of hydrogen-bond acceptors (Lipinski definition) is 3. The van der Waals surface area contributed by atoms with E-state index in [2.05, 4.69) is 10.4 Å². The van der Waals surface area contributed by atoms with Crippen molar-refractivity contribution in [3.05, 3.63) is 18.0 Å². The highest BCUT2D eigenvalue weighted by Crippen LogP contribution is 2.03. The third-order valence-electron chi connectivity index (χ3n) is 2.42. The maximum atomic E-state index is 11.7. The van der Waals surface area contributed by atoms with Crippen LogP contribution in [0, 0.1) is 0 Å². The highest BCUT2D eigenvalue weighted by molar-refractivity contribution is 5.75. The Morgan fingerprint density at radius 2 is 2.38 bits per heavy atom. The van der Waals surface area contributed by atoms with Crippen LogP contribution in [-0.4, -0.2) is 41.2 Å². The van der Waals surface area contributed by atoms with E-state index in [9.17, 15) is 4.79 Å². The molecular formula is C11H20N4O. The number of nitrogens with zero attached hydrogens (tertiary/aromatic N) is 3. The van der Waals surface area contributed by atoms with Gasteiger partial charge in [0.1, 0.15) is 0 Å². The molecule has 1 aromatic heterocycles. The number of carbonyl (C=O) groups excluding carboxylic acids is 1. The third kappa shape index (κ3) is 4.02. The van der Waals surface area contributed by atoms with Gasteiger partial charge < -0.3 is 10.2 Å². The molecule has 1 amide bonds. The van der Waals surface area contributed by atoms with Gasteiger partial charge in [0.2, 0.25) is 5.91 Å². The largest absolute Gasteiger partial charge is 0.341 e. The maximum Gasteiger partial charge on any atom is 0.222 e. The molecule has 0 saturated carbocycles. The molecule has 0 fully saturated rings. The van der Waals surface area contributed by atoms with E-state index < -0.39 is 0 Å². The minimum atomic E-state index is 0.180. The van der Waals surface area contributed by atoms with E-state index in [1.807, 2.05) is 27.3 Å². The number of amides is 1. The second-order valence-corrected chi connectivity index (χ2v) is 3.98. The van der Waals surface area contributed by atoms with Crippen LogP contribution >= 0.6 is 0 Å². The molecule has 0 aliphatic heterocycles. The smallest absolute Gasteiger partial charge is 0.222 e. The number of aryl methyl sites for hydroxylation is 1. The van der Waals surface area contributed by atoms with Gasteiger partial charge >= 0.3 is 0 Å². The van der Waals surface area contributed by atoms with Crippen molar-refractivity contribution in [3.63, 3.8) is 0 Å². The molecule has 16 heavy (non-hydrogen) atoms. The van der Waals surface area contributed by atoms with Crippen molar-refractivity contribution in [1.82, 2.24) is 20.0 Å². The molecule has 90 valence electrons. The monoisotopic (exact) mass is 224 g/mol. The lowest BCUT2D eigenvalue weighted by molar-refractivity contribution is -0.130. The summed E-state index contributed by atoms with van der Waals surface area (Å²) in [6.45, 7) is 1.51. The molecule has 1 heterocycles. The topological polar surface area (TPSA) is 50.2 Å². The predicted molar refractivity (Wildman–Crippen MR) is 62.8 cm³/mol. The van der Waals surface area contributed by atoms with Crippen molar-refractivity contribution in [3.8, 4) is 0 Å². The molecule has 0 aromatic carbocycles. The average molecular weight is 224 g/mol. The van der Waals surface area contributed by atoms with Gasteiger partial charge in [-0.1, -0.05) is 0 Å². The van der Waals surface area contributed by atoms with E-state index in [4.69, 9.17) is 0 Å². The van der Waals surface area contributed by atoms with Crippen molar-refractivity contribution in [2.75, 3.05) is 20.6 Å². The van der Waals surface area contributed by atoms with Gasteiger partial charge in [0.05, 0.1) is 6.20 Å². The Hall–Kier alpha value is -1.36. The molecule has 0 bridgehead atoms. The lowest BCUT2D eigenvalue weighted by Crippen LogP contribution is -2.26. The van der Waals surface area contributed by atoms with E-state index >= 15 is 0 Å². The van der Waals surface area contributed by atoms with Crippen LogP contribution in [0.2, 0.25) is 0 Å². The lowest BCUT2D eigenvalue weighted by Gasteiger charge is -2.15. The van der Waals surface area contributed by atoms with Gasteiger partial charge in [-0.05, 0) is 20.0 Å². The highest BCUT2D eigenvalue weighted by atomic mass is 16.2. The van der Waals surface area contributed by atoms with E-state index in [0.29, 0.717) is 13.0 Å². The summed E-state index contributed by atoms with van der Waals surface area (Å²) in [6.07, 6.45) is 5.19. The fourth-order valence-corrected chi connectivity index (χ4v) is 1.52. The number of hydrogen-bond donors (Lipinski definition) is 1. The van der Waals surface area contributed by atoms with E-state index in [0.717, 1.165) is 18.5 Å². The van der Waals surface area contributed by atoms with Crippen molar-refractivity contribution >= 4 is 5.91 Å². The Morgan fingerprint density at radius 3 is 2.94 bits per heavy atom. The Labute approximate surface area is 96.4 Å². The standard InChI is InChI=1S/C11H20N4O/c1-12-6-4-5-11(16)14(2)8-10-7-13-15(3)9-10/h7,9,12H,4-6,8H2,1-3H3. The summed E-state index contributed by atoms with van der Waals surface area (Å²) in [6, 6.07) is 0. The summed E-state index contributed by atoms with van der Waals surface area (Å²) in [4.78, 5) is 13.4. The van der Waals surface area contributed by atoms with Gasteiger partial charge in [-0.15, -0.1) is 0 Å². The summed E-state index contributed by atoms with van der Waals surface area (Å²) in [7, 11) is 5.59. The molecule has 5 nitrogen and oxygen atoms in total. The molecule has 0 saturated heterocycles. The molecule has 1 rings (SSSR count). The number of aromatic nitrogens is 2. The molecule has 5 heteroatoms. The Bertz CT molecular complexity index is 334. The molecule has 0 radical (unpaired) electrons. The summed E-state index contributed by atoms with van der Waals surface area (Å²) in [5.74, 6) is 0.180. The fraction of sp³-hybridized carbons (Fsp3) is 0.636. The summed E-state index contributed by atoms with van der Waals surface area (Å²) < 4.78 is 1.74. The highest BCUT2D eigenvalue weighted by Gasteiger charge is 2.09. The first kappa shape index (κ1) is 12.7. The molecule has 0 spiro atoms. The quantitative estimate of drug-likeness (QED) is 0.711. The second-order valence-electron chi connectivity index (χ2n) is 3.98. The average Bonchev–Trinajstić information content (AvgIpc) is 2.64. The van der Waals surface area contributed by atoms with Gasteiger partial charge in [-0.3, -0.25) is 9.48 Å². The minimum Gasteiger partial charge on any atom is -0.341 e. The van der Waals surface area contributed by atoms with Crippen LogP contribution in [0.3, 0.4) is 0 Å². The normalized spacial score (nSPS) is 10.4. The van der Waals surface area contributed by atoms with Crippen LogP contribution in [0.15, 0.2) is 12.4 Å². The van der Waals surface area contributed by atoms with E-state index in [-0.39, 0.29) is 5.91 Å². The zero-order valence-electron chi connectivity index (χ0n) is 10.2. The zero-order valence-corrected chi connectivity index (χ0v) is 10.2. The Kier molecular flexibility index (Phi) is 4.98. The minimum absolute atomic E-state index is 0.180. The SMILES string of the molecule is CNCCCC(=O)N(C)Cc1cnn(C)c1. The zero-order chi connectivity index (χ0) is 12.0. The van der Waals surface area contributed by atoms with Gasteiger partial charge in [0.25, 0.3) is 0 Å². The molecule has 1 aromatic rings.